The van der Waals surface area contributed by atoms with Crippen LogP contribution in [0.15, 0.2) is 17.5 Å². The highest BCUT2D eigenvalue weighted by atomic mass is 32.1. The van der Waals surface area contributed by atoms with Gasteiger partial charge in [0.2, 0.25) is 5.91 Å². The Balaban J connectivity index is 1.57. The van der Waals surface area contributed by atoms with Gasteiger partial charge in [0.1, 0.15) is 0 Å². The summed E-state index contributed by atoms with van der Waals surface area (Å²) < 4.78 is 0. The van der Waals surface area contributed by atoms with Crippen LogP contribution in [0.25, 0.3) is 0 Å². The molecule has 2 aliphatic rings. The molecular weight excluding hydrogens is 312 g/mol. The average molecular weight is 336 g/mol. The van der Waals surface area contributed by atoms with E-state index in [1.165, 1.54) is 24.2 Å². The second-order valence-corrected chi connectivity index (χ2v) is 7.29. The lowest BCUT2D eigenvalue weighted by atomic mass is 10.1. The van der Waals surface area contributed by atoms with Crippen molar-refractivity contribution in [1.29, 1.82) is 0 Å². The highest BCUT2D eigenvalue weighted by Crippen LogP contribution is 2.25. The summed E-state index contributed by atoms with van der Waals surface area (Å²) in [6.45, 7) is 3.95. The van der Waals surface area contributed by atoms with Gasteiger partial charge in [0, 0.05) is 24.0 Å². The van der Waals surface area contributed by atoms with Crippen molar-refractivity contribution in [2.45, 2.75) is 37.8 Å². The Labute approximate surface area is 140 Å². The van der Waals surface area contributed by atoms with Gasteiger partial charge >= 0.3 is 6.03 Å². The number of nitrogens with one attached hydrogen (secondary N) is 1. The van der Waals surface area contributed by atoms with E-state index in [1.54, 1.807) is 0 Å². The lowest BCUT2D eigenvalue weighted by Gasteiger charge is -2.24. The molecule has 3 N–H and O–H groups in total. The minimum Gasteiger partial charge on any atom is -0.352 e. The molecule has 2 aliphatic heterocycles. The Morgan fingerprint density at radius 1 is 1.35 bits per heavy atom. The van der Waals surface area contributed by atoms with Crippen LogP contribution in [0.4, 0.5) is 4.79 Å². The van der Waals surface area contributed by atoms with Gasteiger partial charge in [-0.15, -0.1) is 11.3 Å². The molecule has 3 amide bonds. The summed E-state index contributed by atoms with van der Waals surface area (Å²) >= 11 is 1.53. The van der Waals surface area contributed by atoms with Crippen molar-refractivity contribution in [3.8, 4) is 0 Å². The van der Waals surface area contributed by atoms with Crippen LogP contribution in [0.3, 0.4) is 0 Å². The molecule has 3 rings (SSSR count). The Kier molecular flexibility index (Phi) is 5.17. The van der Waals surface area contributed by atoms with Gasteiger partial charge in [-0.3, -0.25) is 9.69 Å². The van der Waals surface area contributed by atoms with Crippen LogP contribution in [-0.4, -0.2) is 54.0 Å². The maximum absolute atomic E-state index is 12.6. The number of nitrogens with zero attached hydrogens (tertiary/aromatic N) is 2. The van der Waals surface area contributed by atoms with Crippen molar-refractivity contribution in [3.63, 3.8) is 0 Å². The molecular formula is C16H24N4O2S. The topological polar surface area (TPSA) is 78.7 Å². The number of carbonyl (C=O) groups excluding carboxylic acids is 2. The number of hydrogen-bond acceptors (Lipinski definition) is 4. The molecule has 23 heavy (non-hydrogen) atoms. The van der Waals surface area contributed by atoms with E-state index < -0.39 is 6.03 Å². The number of thiophene rings is 1. The van der Waals surface area contributed by atoms with Gasteiger partial charge in [-0.1, -0.05) is 6.07 Å². The van der Waals surface area contributed by atoms with Crippen LogP contribution in [0.5, 0.6) is 0 Å². The maximum atomic E-state index is 12.6. The van der Waals surface area contributed by atoms with Crippen molar-refractivity contribution < 1.29 is 9.59 Å². The summed E-state index contributed by atoms with van der Waals surface area (Å²) in [4.78, 5) is 29.2. The third-order valence-corrected chi connectivity index (χ3v) is 5.74. The molecule has 0 spiro atoms. The fraction of sp³-hybridized carbons (Fsp3) is 0.625. The molecule has 1 aromatic heterocycles. The van der Waals surface area contributed by atoms with Crippen molar-refractivity contribution in [2.75, 3.05) is 26.2 Å². The van der Waals surface area contributed by atoms with Gasteiger partial charge < -0.3 is 16.0 Å². The standard InChI is InChI=1S/C16H24N4O2S/c17-16(22)18-13(14-4-3-9-23-14)10-15(21)20-8-5-12(11-20)19-6-1-2-7-19/h3-4,9,12-13H,1-2,5-8,10-11H2,(H3,17,18,22). The molecule has 0 radical (unpaired) electrons. The Morgan fingerprint density at radius 2 is 2.13 bits per heavy atom. The zero-order valence-electron chi connectivity index (χ0n) is 13.2. The quantitative estimate of drug-likeness (QED) is 0.856. The molecule has 2 fully saturated rings. The van der Waals surface area contributed by atoms with Gasteiger partial charge in [-0.2, -0.15) is 0 Å². The first-order valence-electron chi connectivity index (χ1n) is 8.24. The number of amides is 3. The van der Waals surface area contributed by atoms with E-state index in [0.717, 1.165) is 37.5 Å². The zero-order valence-corrected chi connectivity index (χ0v) is 14.1. The Hall–Kier alpha value is -1.60. The van der Waals surface area contributed by atoms with Gasteiger partial charge in [0.25, 0.3) is 0 Å². The number of nitrogens with two attached hydrogens (primary N) is 1. The molecule has 6 nitrogen and oxygen atoms in total. The number of primary amides is 1. The van der Waals surface area contributed by atoms with Crippen molar-refractivity contribution >= 4 is 23.3 Å². The summed E-state index contributed by atoms with van der Waals surface area (Å²) in [5.41, 5.74) is 5.26. The van der Waals surface area contributed by atoms with Gasteiger partial charge in [0.15, 0.2) is 0 Å². The third kappa shape index (κ3) is 4.03. The number of urea groups is 1. The van der Waals surface area contributed by atoms with Gasteiger partial charge in [-0.25, -0.2) is 4.79 Å². The third-order valence-electron chi connectivity index (χ3n) is 4.75. The van der Waals surface area contributed by atoms with Crippen molar-refractivity contribution in [2.24, 2.45) is 5.73 Å². The maximum Gasteiger partial charge on any atom is 0.312 e. The molecule has 126 valence electrons. The minimum absolute atomic E-state index is 0.0962. The summed E-state index contributed by atoms with van der Waals surface area (Å²) in [7, 11) is 0. The first-order valence-corrected chi connectivity index (χ1v) is 9.12. The number of carbonyl (C=O) groups is 2. The highest BCUT2D eigenvalue weighted by Gasteiger charge is 2.32. The summed E-state index contributed by atoms with van der Waals surface area (Å²) in [5.74, 6) is 0.0962. The van der Waals surface area contributed by atoms with E-state index in [2.05, 4.69) is 10.2 Å². The van der Waals surface area contributed by atoms with E-state index in [-0.39, 0.29) is 18.4 Å². The van der Waals surface area contributed by atoms with Crippen LogP contribution in [0, 0.1) is 0 Å². The van der Waals surface area contributed by atoms with Crippen LogP contribution in [0.2, 0.25) is 0 Å². The molecule has 7 heteroatoms. The minimum atomic E-state index is -0.590. The van der Waals surface area contributed by atoms with Crippen molar-refractivity contribution in [3.05, 3.63) is 22.4 Å². The number of rotatable bonds is 5. The van der Waals surface area contributed by atoms with Gasteiger partial charge in [-0.05, 0) is 43.8 Å². The predicted octanol–water partition coefficient (Wildman–Crippen LogP) is 1.54. The van der Waals surface area contributed by atoms with E-state index in [4.69, 9.17) is 5.73 Å². The predicted molar refractivity (Wildman–Crippen MR) is 90.2 cm³/mol. The molecule has 2 saturated heterocycles. The fourth-order valence-electron chi connectivity index (χ4n) is 3.56. The molecule has 0 aliphatic carbocycles. The molecule has 1 aromatic rings. The molecule has 0 bridgehead atoms. The first-order chi connectivity index (χ1) is 11.1. The van der Waals surface area contributed by atoms with Gasteiger partial charge in [0.05, 0.1) is 12.5 Å². The Bertz CT molecular complexity index is 542. The normalized spacial score (nSPS) is 23.1. The number of likely N-dealkylation sites (tertiary alicyclic amines) is 2. The molecule has 0 aromatic carbocycles. The summed E-state index contributed by atoms with van der Waals surface area (Å²) in [6.07, 6.45) is 3.87. The van der Waals surface area contributed by atoms with E-state index in [0.29, 0.717) is 6.04 Å². The largest absolute Gasteiger partial charge is 0.352 e. The second-order valence-electron chi connectivity index (χ2n) is 6.31. The van der Waals surface area contributed by atoms with Crippen molar-refractivity contribution in [1.82, 2.24) is 15.1 Å². The van der Waals surface area contributed by atoms with Crippen LogP contribution < -0.4 is 11.1 Å². The molecule has 0 saturated carbocycles. The lowest BCUT2D eigenvalue weighted by Crippen LogP contribution is -2.39. The number of hydrogen-bond donors (Lipinski definition) is 2. The van der Waals surface area contributed by atoms with Crippen LogP contribution >= 0.6 is 11.3 Å². The zero-order chi connectivity index (χ0) is 16.2. The Morgan fingerprint density at radius 3 is 2.78 bits per heavy atom. The van der Waals surface area contributed by atoms with E-state index in [9.17, 15) is 9.59 Å². The van der Waals surface area contributed by atoms with Crippen LogP contribution in [-0.2, 0) is 4.79 Å². The fourth-order valence-corrected chi connectivity index (χ4v) is 4.34. The first kappa shape index (κ1) is 16.3. The molecule has 3 heterocycles. The summed E-state index contributed by atoms with van der Waals surface area (Å²) in [5, 5.41) is 4.63. The average Bonchev–Trinajstić information content (AvgIpc) is 3.25. The van der Waals surface area contributed by atoms with Crippen LogP contribution in [0.1, 0.15) is 36.6 Å². The SMILES string of the molecule is NC(=O)NC(CC(=O)N1CCC(N2CCCC2)C1)c1cccs1. The highest BCUT2D eigenvalue weighted by molar-refractivity contribution is 7.10. The monoisotopic (exact) mass is 336 g/mol. The smallest absolute Gasteiger partial charge is 0.312 e. The van der Waals surface area contributed by atoms with E-state index >= 15 is 0 Å². The second kappa shape index (κ2) is 7.31. The molecule has 2 unspecified atom stereocenters. The summed E-state index contributed by atoms with van der Waals surface area (Å²) in [6, 6.07) is 3.43. The van der Waals surface area contributed by atoms with E-state index in [1.807, 2.05) is 22.4 Å². The molecule has 2 atom stereocenters. The lowest BCUT2D eigenvalue weighted by molar-refractivity contribution is -0.130.